The van der Waals surface area contributed by atoms with Gasteiger partial charge in [-0.05, 0) is 30.2 Å². The molecule has 100 valence electrons. The molecule has 1 heterocycles. The van der Waals surface area contributed by atoms with E-state index < -0.39 is 0 Å². The summed E-state index contributed by atoms with van der Waals surface area (Å²) in [5.74, 6) is 1.00. The fourth-order valence-corrected chi connectivity index (χ4v) is 1.81. The van der Waals surface area contributed by atoms with E-state index in [0.717, 1.165) is 5.56 Å². The van der Waals surface area contributed by atoms with E-state index in [2.05, 4.69) is 15.3 Å². The van der Waals surface area contributed by atoms with Crippen molar-refractivity contribution in [3.63, 3.8) is 0 Å². The molecule has 0 spiro atoms. The van der Waals surface area contributed by atoms with E-state index in [4.69, 9.17) is 33.7 Å². The van der Waals surface area contributed by atoms with Crippen LogP contribution in [0.25, 0.3) is 0 Å². The standard InChI is InChI=1S/C12H12Cl2N4O/c1-6-3-9(10(19-2)4-7(6)13)17-11-8(15)5-16-12(14)18-11/h3-5H,15H2,1-2H3,(H,16,17,18). The van der Waals surface area contributed by atoms with Crippen molar-refractivity contribution in [2.75, 3.05) is 18.2 Å². The van der Waals surface area contributed by atoms with E-state index in [1.165, 1.54) is 6.20 Å². The highest BCUT2D eigenvalue weighted by Gasteiger charge is 2.10. The fraction of sp³-hybridized carbons (Fsp3) is 0.167. The Hall–Kier alpha value is -1.72. The smallest absolute Gasteiger partial charge is 0.224 e. The van der Waals surface area contributed by atoms with Crippen LogP contribution in [0, 0.1) is 6.92 Å². The fourth-order valence-electron chi connectivity index (χ4n) is 1.53. The van der Waals surface area contributed by atoms with Gasteiger partial charge in [-0.2, -0.15) is 4.98 Å². The number of nitrogen functional groups attached to an aromatic ring is 1. The van der Waals surface area contributed by atoms with Gasteiger partial charge in [0.15, 0.2) is 5.82 Å². The number of ether oxygens (including phenoxy) is 1. The van der Waals surface area contributed by atoms with Crippen molar-refractivity contribution in [1.29, 1.82) is 0 Å². The van der Waals surface area contributed by atoms with Crippen molar-refractivity contribution in [1.82, 2.24) is 9.97 Å². The molecule has 0 radical (unpaired) electrons. The number of nitrogens with zero attached hydrogens (tertiary/aromatic N) is 2. The summed E-state index contributed by atoms with van der Waals surface area (Å²) in [7, 11) is 1.56. The van der Waals surface area contributed by atoms with Crippen LogP contribution in [0.4, 0.5) is 17.2 Å². The molecule has 1 aromatic carbocycles. The van der Waals surface area contributed by atoms with E-state index in [1.807, 2.05) is 13.0 Å². The first-order valence-electron chi connectivity index (χ1n) is 5.40. The molecule has 2 rings (SSSR count). The van der Waals surface area contributed by atoms with Crippen molar-refractivity contribution < 1.29 is 4.74 Å². The highest BCUT2D eigenvalue weighted by molar-refractivity contribution is 6.31. The zero-order valence-electron chi connectivity index (χ0n) is 10.4. The Kier molecular flexibility index (Phi) is 3.97. The van der Waals surface area contributed by atoms with Gasteiger partial charge in [0.1, 0.15) is 5.75 Å². The van der Waals surface area contributed by atoms with Crippen molar-refractivity contribution in [3.05, 3.63) is 34.2 Å². The van der Waals surface area contributed by atoms with Gasteiger partial charge in [0, 0.05) is 11.1 Å². The maximum absolute atomic E-state index is 6.04. The Balaban J connectivity index is 2.42. The van der Waals surface area contributed by atoms with Crippen molar-refractivity contribution in [3.8, 4) is 5.75 Å². The summed E-state index contributed by atoms with van der Waals surface area (Å²) in [4.78, 5) is 7.82. The van der Waals surface area contributed by atoms with E-state index in [1.54, 1.807) is 13.2 Å². The van der Waals surface area contributed by atoms with Gasteiger partial charge in [-0.25, -0.2) is 4.98 Å². The lowest BCUT2D eigenvalue weighted by atomic mass is 10.2. The molecule has 0 aliphatic rings. The summed E-state index contributed by atoms with van der Waals surface area (Å²) in [5, 5.41) is 3.79. The second-order valence-corrected chi connectivity index (χ2v) is 4.61. The molecule has 0 saturated carbocycles. The van der Waals surface area contributed by atoms with Crippen molar-refractivity contribution in [2.45, 2.75) is 6.92 Å². The van der Waals surface area contributed by atoms with Crippen LogP contribution in [0.15, 0.2) is 18.3 Å². The monoisotopic (exact) mass is 298 g/mol. The third kappa shape index (κ3) is 3.00. The average molecular weight is 299 g/mol. The van der Waals surface area contributed by atoms with Gasteiger partial charge in [-0.3, -0.25) is 0 Å². The van der Waals surface area contributed by atoms with Gasteiger partial charge < -0.3 is 15.8 Å². The lowest BCUT2D eigenvalue weighted by molar-refractivity contribution is 0.416. The van der Waals surface area contributed by atoms with Crippen molar-refractivity contribution >= 4 is 40.4 Å². The Morgan fingerprint density at radius 1 is 1.32 bits per heavy atom. The van der Waals surface area contributed by atoms with Gasteiger partial charge in [-0.1, -0.05) is 11.6 Å². The summed E-state index contributed by atoms with van der Waals surface area (Å²) >= 11 is 11.8. The van der Waals surface area contributed by atoms with E-state index in [0.29, 0.717) is 28.0 Å². The summed E-state index contributed by atoms with van der Waals surface area (Å²) < 4.78 is 5.26. The molecular weight excluding hydrogens is 287 g/mol. The molecule has 3 N–H and O–H groups in total. The SMILES string of the molecule is COc1cc(Cl)c(C)cc1Nc1nc(Cl)ncc1N. The first kappa shape index (κ1) is 13.7. The minimum Gasteiger partial charge on any atom is -0.495 e. The minimum absolute atomic E-state index is 0.112. The van der Waals surface area contributed by atoms with Crippen LogP contribution in [0.2, 0.25) is 10.3 Å². The maximum Gasteiger partial charge on any atom is 0.224 e. The number of anilines is 3. The number of hydrogen-bond donors (Lipinski definition) is 2. The number of nitrogens with one attached hydrogen (secondary N) is 1. The molecule has 0 atom stereocenters. The van der Waals surface area contributed by atoms with Crippen LogP contribution >= 0.6 is 23.2 Å². The van der Waals surface area contributed by atoms with E-state index in [-0.39, 0.29) is 5.28 Å². The molecule has 0 unspecified atom stereocenters. The summed E-state index contributed by atoms with van der Waals surface area (Å²) in [6, 6.07) is 3.56. The minimum atomic E-state index is 0.112. The zero-order chi connectivity index (χ0) is 14.0. The lowest BCUT2D eigenvalue weighted by Crippen LogP contribution is -2.02. The van der Waals surface area contributed by atoms with Crippen LogP contribution in [0.5, 0.6) is 5.75 Å². The van der Waals surface area contributed by atoms with Crippen LogP contribution in [-0.2, 0) is 0 Å². The molecular formula is C12H12Cl2N4O. The number of halogens is 2. The van der Waals surface area contributed by atoms with Crippen LogP contribution in [0.3, 0.4) is 0 Å². The Morgan fingerprint density at radius 2 is 2.05 bits per heavy atom. The zero-order valence-corrected chi connectivity index (χ0v) is 11.9. The molecule has 0 aliphatic carbocycles. The van der Waals surface area contributed by atoms with Gasteiger partial charge >= 0.3 is 0 Å². The maximum atomic E-state index is 6.04. The lowest BCUT2D eigenvalue weighted by Gasteiger charge is -2.13. The van der Waals surface area contributed by atoms with Crippen LogP contribution in [-0.4, -0.2) is 17.1 Å². The molecule has 0 bridgehead atoms. The van der Waals surface area contributed by atoms with Gasteiger partial charge in [0.2, 0.25) is 5.28 Å². The normalized spacial score (nSPS) is 10.3. The largest absolute Gasteiger partial charge is 0.495 e. The molecule has 0 amide bonds. The Bertz CT molecular complexity index is 619. The topological polar surface area (TPSA) is 73.1 Å². The summed E-state index contributed by atoms with van der Waals surface area (Å²) in [6.07, 6.45) is 1.44. The van der Waals surface area contributed by atoms with Crippen LogP contribution in [0.1, 0.15) is 5.56 Å². The van der Waals surface area contributed by atoms with Crippen molar-refractivity contribution in [2.24, 2.45) is 0 Å². The second-order valence-electron chi connectivity index (χ2n) is 3.87. The molecule has 0 fully saturated rings. The van der Waals surface area contributed by atoms with Gasteiger partial charge in [0.25, 0.3) is 0 Å². The number of aromatic nitrogens is 2. The quantitative estimate of drug-likeness (QED) is 0.849. The second kappa shape index (κ2) is 5.50. The number of nitrogens with two attached hydrogens (primary N) is 1. The predicted molar refractivity (Wildman–Crippen MR) is 77.5 cm³/mol. The first-order chi connectivity index (χ1) is 9.01. The molecule has 1 aromatic heterocycles. The predicted octanol–water partition coefficient (Wildman–Crippen LogP) is 3.43. The number of benzene rings is 1. The first-order valence-corrected chi connectivity index (χ1v) is 6.16. The highest BCUT2D eigenvalue weighted by atomic mass is 35.5. The highest BCUT2D eigenvalue weighted by Crippen LogP contribution is 2.33. The molecule has 7 heteroatoms. The van der Waals surface area contributed by atoms with E-state index >= 15 is 0 Å². The molecule has 5 nitrogen and oxygen atoms in total. The molecule has 19 heavy (non-hydrogen) atoms. The van der Waals surface area contributed by atoms with E-state index in [9.17, 15) is 0 Å². The number of rotatable bonds is 3. The molecule has 0 aliphatic heterocycles. The Labute approximate surface area is 120 Å². The number of aryl methyl sites for hydroxylation is 1. The summed E-state index contributed by atoms with van der Waals surface area (Å²) in [6.45, 7) is 1.89. The van der Waals surface area contributed by atoms with Crippen LogP contribution < -0.4 is 15.8 Å². The number of hydrogen-bond acceptors (Lipinski definition) is 5. The van der Waals surface area contributed by atoms with Gasteiger partial charge in [0.05, 0.1) is 24.7 Å². The average Bonchev–Trinajstić information content (AvgIpc) is 2.38. The summed E-state index contributed by atoms with van der Waals surface area (Å²) in [5.41, 5.74) is 7.78. The molecule has 2 aromatic rings. The molecule has 0 saturated heterocycles. The Morgan fingerprint density at radius 3 is 2.74 bits per heavy atom. The van der Waals surface area contributed by atoms with Gasteiger partial charge in [-0.15, -0.1) is 0 Å². The third-order valence-electron chi connectivity index (χ3n) is 2.52. The third-order valence-corrected chi connectivity index (χ3v) is 3.11. The number of methoxy groups -OCH3 is 1.